The number of anilines is 2. The lowest BCUT2D eigenvalue weighted by molar-refractivity contribution is 0.415. The van der Waals surface area contributed by atoms with Crippen molar-refractivity contribution in [3.8, 4) is 5.75 Å². The number of fused-ring (bicyclic) bond motifs is 1. The Morgan fingerprint density at radius 1 is 1.10 bits per heavy atom. The van der Waals surface area contributed by atoms with Crippen LogP contribution in [0.2, 0.25) is 5.02 Å². The molecule has 3 rings (SSSR count). The van der Waals surface area contributed by atoms with Crippen LogP contribution in [-0.4, -0.2) is 12.1 Å². The molecule has 0 spiro atoms. The summed E-state index contributed by atoms with van der Waals surface area (Å²) in [6.45, 7) is 0. The van der Waals surface area contributed by atoms with E-state index in [1.54, 1.807) is 13.3 Å². The van der Waals surface area contributed by atoms with Crippen molar-refractivity contribution >= 4 is 33.9 Å². The highest BCUT2D eigenvalue weighted by Crippen LogP contribution is 2.28. The Morgan fingerprint density at radius 3 is 2.80 bits per heavy atom. The predicted molar refractivity (Wildman–Crippen MR) is 83.0 cm³/mol. The van der Waals surface area contributed by atoms with Crippen molar-refractivity contribution in [1.82, 2.24) is 4.98 Å². The highest BCUT2D eigenvalue weighted by Gasteiger charge is 2.04. The number of ether oxygens (including phenoxy) is 1. The number of hydrogen-bond donors (Lipinski definition) is 1. The lowest BCUT2D eigenvalue weighted by Crippen LogP contribution is -1.93. The van der Waals surface area contributed by atoms with Crippen LogP contribution >= 0.6 is 11.6 Å². The van der Waals surface area contributed by atoms with Crippen LogP contribution in [0, 0.1) is 0 Å². The minimum Gasteiger partial charge on any atom is -0.497 e. The van der Waals surface area contributed by atoms with Gasteiger partial charge in [-0.3, -0.25) is 4.98 Å². The first-order valence-corrected chi connectivity index (χ1v) is 6.59. The van der Waals surface area contributed by atoms with Gasteiger partial charge in [-0.15, -0.1) is 0 Å². The molecule has 0 saturated carbocycles. The quantitative estimate of drug-likeness (QED) is 0.761. The Balaban J connectivity index is 2.06. The second-order valence-corrected chi connectivity index (χ2v) is 4.81. The topological polar surface area (TPSA) is 34.1 Å². The number of benzene rings is 2. The second kappa shape index (κ2) is 5.39. The maximum atomic E-state index is 6.00. The van der Waals surface area contributed by atoms with Gasteiger partial charge in [-0.25, -0.2) is 0 Å². The molecule has 20 heavy (non-hydrogen) atoms. The van der Waals surface area contributed by atoms with Gasteiger partial charge >= 0.3 is 0 Å². The molecule has 1 N–H and O–H groups in total. The van der Waals surface area contributed by atoms with E-state index in [1.807, 2.05) is 48.5 Å². The van der Waals surface area contributed by atoms with E-state index in [4.69, 9.17) is 16.3 Å². The Labute approximate surface area is 122 Å². The summed E-state index contributed by atoms with van der Waals surface area (Å²) in [7, 11) is 1.65. The van der Waals surface area contributed by atoms with Crippen LogP contribution in [0.3, 0.4) is 0 Å². The summed E-state index contributed by atoms with van der Waals surface area (Å²) in [4.78, 5) is 4.35. The van der Waals surface area contributed by atoms with Gasteiger partial charge < -0.3 is 10.1 Å². The zero-order valence-corrected chi connectivity index (χ0v) is 11.7. The summed E-state index contributed by atoms with van der Waals surface area (Å²) < 4.78 is 5.27. The third-order valence-corrected chi connectivity index (χ3v) is 3.29. The summed E-state index contributed by atoms with van der Waals surface area (Å²) in [5.41, 5.74) is 2.82. The van der Waals surface area contributed by atoms with Gasteiger partial charge in [0.25, 0.3) is 0 Å². The Kier molecular flexibility index (Phi) is 3.44. The van der Waals surface area contributed by atoms with Crippen LogP contribution in [0.4, 0.5) is 11.4 Å². The van der Waals surface area contributed by atoms with E-state index in [0.29, 0.717) is 5.02 Å². The molecular weight excluding hydrogens is 272 g/mol. The molecule has 1 aromatic heterocycles. The van der Waals surface area contributed by atoms with Gasteiger partial charge in [0.1, 0.15) is 5.75 Å². The van der Waals surface area contributed by atoms with Gasteiger partial charge in [0.15, 0.2) is 0 Å². The number of nitrogens with zero attached hydrogens (tertiary/aromatic N) is 1. The van der Waals surface area contributed by atoms with Crippen molar-refractivity contribution in [2.24, 2.45) is 0 Å². The molecule has 0 amide bonds. The van der Waals surface area contributed by atoms with Gasteiger partial charge in [0.05, 0.1) is 12.6 Å². The fourth-order valence-electron chi connectivity index (χ4n) is 2.08. The van der Waals surface area contributed by atoms with Crippen molar-refractivity contribution < 1.29 is 4.74 Å². The molecule has 0 fully saturated rings. The lowest BCUT2D eigenvalue weighted by Gasteiger charge is -2.10. The van der Waals surface area contributed by atoms with Crippen LogP contribution in [0.1, 0.15) is 0 Å². The molecule has 4 heteroatoms. The standard InChI is InChI=1S/C16H13ClN2O/c1-20-13-5-6-15-14(10-13)16(7-8-18-15)19-12-4-2-3-11(17)9-12/h2-10H,1H3,(H,18,19). The molecule has 0 atom stereocenters. The number of pyridine rings is 1. The van der Waals surface area contributed by atoms with Crippen LogP contribution in [0.5, 0.6) is 5.75 Å². The number of hydrogen-bond acceptors (Lipinski definition) is 3. The maximum Gasteiger partial charge on any atom is 0.119 e. The van der Waals surface area contributed by atoms with Crippen molar-refractivity contribution in [3.63, 3.8) is 0 Å². The SMILES string of the molecule is COc1ccc2nccc(Nc3cccc(Cl)c3)c2c1. The second-order valence-electron chi connectivity index (χ2n) is 4.38. The van der Waals surface area contributed by atoms with Gasteiger partial charge in [-0.05, 0) is 42.5 Å². The summed E-state index contributed by atoms with van der Waals surface area (Å²) in [6.07, 6.45) is 1.78. The van der Waals surface area contributed by atoms with E-state index >= 15 is 0 Å². The average Bonchev–Trinajstić information content (AvgIpc) is 2.47. The van der Waals surface area contributed by atoms with Crippen molar-refractivity contribution in [2.75, 3.05) is 12.4 Å². The molecule has 3 nitrogen and oxygen atoms in total. The molecular formula is C16H13ClN2O. The average molecular weight is 285 g/mol. The molecule has 2 aromatic carbocycles. The molecule has 0 saturated heterocycles. The Morgan fingerprint density at radius 2 is 2.00 bits per heavy atom. The third-order valence-electron chi connectivity index (χ3n) is 3.05. The molecule has 0 aliphatic carbocycles. The van der Waals surface area contributed by atoms with E-state index in [0.717, 1.165) is 28.0 Å². The molecule has 0 bridgehead atoms. The molecule has 100 valence electrons. The molecule has 0 aliphatic rings. The first-order chi connectivity index (χ1) is 9.76. The zero-order chi connectivity index (χ0) is 13.9. The summed E-state index contributed by atoms with van der Waals surface area (Å²) in [5, 5.41) is 5.07. The third kappa shape index (κ3) is 2.53. The normalized spacial score (nSPS) is 10.5. The highest BCUT2D eigenvalue weighted by atomic mass is 35.5. The number of aromatic nitrogens is 1. The fourth-order valence-corrected chi connectivity index (χ4v) is 2.27. The van der Waals surface area contributed by atoms with E-state index in [-0.39, 0.29) is 0 Å². The number of rotatable bonds is 3. The van der Waals surface area contributed by atoms with E-state index in [9.17, 15) is 0 Å². The largest absolute Gasteiger partial charge is 0.497 e. The molecule has 0 radical (unpaired) electrons. The maximum absolute atomic E-state index is 6.00. The minimum absolute atomic E-state index is 0.700. The van der Waals surface area contributed by atoms with Crippen molar-refractivity contribution in [1.29, 1.82) is 0 Å². The van der Waals surface area contributed by atoms with Gasteiger partial charge in [0.2, 0.25) is 0 Å². The first kappa shape index (κ1) is 12.8. The monoisotopic (exact) mass is 284 g/mol. The molecule has 0 unspecified atom stereocenters. The minimum atomic E-state index is 0.700. The Hall–Kier alpha value is -2.26. The summed E-state index contributed by atoms with van der Waals surface area (Å²) in [6, 6.07) is 15.4. The van der Waals surface area contributed by atoms with Crippen LogP contribution < -0.4 is 10.1 Å². The first-order valence-electron chi connectivity index (χ1n) is 6.21. The van der Waals surface area contributed by atoms with Gasteiger partial charge in [-0.1, -0.05) is 17.7 Å². The number of methoxy groups -OCH3 is 1. The van der Waals surface area contributed by atoms with Crippen molar-refractivity contribution in [3.05, 3.63) is 59.8 Å². The summed E-state index contributed by atoms with van der Waals surface area (Å²) >= 11 is 6.00. The predicted octanol–water partition coefficient (Wildman–Crippen LogP) is 4.64. The molecule has 1 heterocycles. The van der Waals surface area contributed by atoms with Gasteiger partial charge in [-0.2, -0.15) is 0 Å². The van der Waals surface area contributed by atoms with Crippen LogP contribution in [0.15, 0.2) is 54.7 Å². The van der Waals surface area contributed by atoms with Crippen molar-refractivity contribution in [2.45, 2.75) is 0 Å². The van der Waals surface area contributed by atoms with E-state index in [1.165, 1.54) is 0 Å². The summed E-state index contributed by atoms with van der Waals surface area (Å²) in [5.74, 6) is 0.805. The lowest BCUT2D eigenvalue weighted by atomic mass is 10.1. The molecule has 0 aliphatic heterocycles. The van der Waals surface area contributed by atoms with Crippen LogP contribution in [-0.2, 0) is 0 Å². The number of nitrogens with one attached hydrogen (secondary N) is 1. The smallest absolute Gasteiger partial charge is 0.119 e. The highest BCUT2D eigenvalue weighted by molar-refractivity contribution is 6.30. The fraction of sp³-hybridized carbons (Fsp3) is 0.0625. The Bertz CT molecular complexity index is 758. The molecule has 3 aromatic rings. The van der Waals surface area contributed by atoms with Crippen LogP contribution in [0.25, 0.3) is 10.9 Å². The van der Waals surface area contributed by atoms with E-state index in [2.05, 4.69) is 10.3 Å². The zero-order valence-electron chi connectivity index (χ0n) is 10.9. The van der Waals surface area contributed by atoms with E-state index < -0.39 is 0 Å². The number of halogens is 1. The van der Waals surface area contributed by atoms with Gasteiger partial charge in [0, 0.05) is 28.0 Å².